The van der Waals surface area contributed by atoms with Crippen LogP contribution in [0.1, 0.15) is 13.3 Å². The molecule has 1 fully saturated rings. The lowest BCUT2D eigenvalue weighted by Crippen LogP contribution is -2.27. The Hall–Kier alpha value is -0.350. The molecule has 1 aliphatic carbocycles. The summed E-state index contributed by atoms with van der Waals surface area (Å²) in [6.07, 6.45) is -5.83. The molecule has 1 rings (SSSR count). The number of halogens is 5. The molecule has 0 aromatic heterocycles. The van der Waals surface area contributed by atoms with Gasteiger partial charge in [-0.25, -0.2) is 8.78 Å². The Morgan fingerprint density at radius 3 is 1.50 bits per heavy atom. The van der Waals surface area contributed by atoms with Gasteiger partial charge in [-0.05, 0) is 6.92 Å². The number of hydrogen-bond donors (Lipinski definition) is 0. The second-order valence-corrected chi connectivity index (χ2v) is 2.71. The van der Waals surface area contributed by atoms with E-state index in [1.54, 1.807) is 0 Å². The van der Waals surface area contributed by atoms with Crippen molar-refractivity contribution in [3.05, 3.63) is 0 Å². The van der Waals surface area contributed by atoms with Crippen LogP contribution in [0.15, 0.2) is 0 Å². The fourth-order valence-electron chi connectivity index (χ4n) is 0.707. The van der Waals surface area contributed by atoms with Gasteiger partial charge in [0, 0.05) is 6.42 Å². The summed E-state index contributed by atoms with van der Waals surface area (Å²) in [6.45, 7) is 0.535. The van der Waals surface area contributed by atoms with Crippen LogP contribution in [-0.2, 0) is 0 Å². The van der Waals surface area contributed by atoms with Gasteiger partial charge in [0.2, 0.25) is 0 Å². The van der Waals surface area contributed by atoms with E-state index in [9.17, 15) is 22.0 Å². The summed E-state index contributed by atoms with van der Waals surface area (Å²) in [4.78, 5) is 0. The SMILES string of the molecule is CC1(C(F)(F)F)CC1(F)F. The molecule has 1 unspecified atom stereocenters. The first-order chi connectivity index (χ1) is 4.21. The van der Waals surface area contributed by atoms with E-state index in [0.29, 0.717) is 6.92 Å². The molecule has 5 heteroatoms. The molecular weight excluding hydrogens is 155 g/mol. The number of rotatable bonds is 0. The second-order valence-electron chi connectivity index (χ2n) is 2.71. The zero-order valence-corrected chi connectivity index (χ0v) is 5.10. The van der Waals surface area contributed by atoms with Gasteiger partial charge in [-0.15, -0.1) is 0 Å². The molecule has 0 spiro atoms. The predicted molar refractivity (Wildman–Crippen MR) is 23.7 cm³/mol. The highest BCUT2D eigenvalue weighted by molar-refractivity contribution is 5.11. The Bertz CT molecular complexity index is 158. The summed E-state index contributed by atoms with van der Waals surface area (Å²) >= 11 is 0. The van der Waals surface area contributed by atoms with Gasteiger partial charge in [-0.3, -0.25) is 0 Å². The molecule has 1 aliphatic rings. The van der Waals surface area contributed by atoms with Crippen molar-refractivity contribution in [3.63, 3.8) is 0 Å². The maximum Gasteiger partial charge on any atom is 0.400 e. The molecule has 0 aliphatic heterocycles. The van der Waals surface area contributed by atoms with Gasteiger partial charge in [-0.2, -0.15) is 13.2 Å². The third-order valence-corrected chi connectivity index (χ3v) is 1.88. The van der Waals surface area contributed by atoms with Crippen molar-refractivity contribution >= 4 is 0 Å². The Kier molecular flexibility index (Phi) is 1.13. The first-order valence-corrected chi connectivity index (χ1v) is 2.65. The summed E-state index contributed by atoms with van der Waals surface area (Å²) < 4.78 is 58.8. The molecule has 0 amide bonds. The number of alkyl halides is 5. The topological polar surface area (TPSA) is 0 Å². The van der Waals surface area contributed by atoms with Gasteiger partial charge in [0.25, 0.3) is 5.92 Å². The van der Waals surface area contributed by atoms with Crippen molar-refractivity contribution in [2.75, 3.05) is 0 Å². The molecule has 0 saturated heterocycles. The average molecular weight is 160 g/mol. The van der Waals surface area contributed by atoms with Crippen LogP contribution >= 0.6 is 0 Å². The minimum absolute atomic E-state index is 0.535. The molecule has 0 nitrogen and oxygen atoms in total. The average Bonchev–Trinajstić information content (AvgIpc) is 2.05. The van der Waals surface area contributed by atoms with Gasteiger partial charge in [0.05, 0.1) is 0 Å². The summed E-state index contributed by atoms with van der Waals surface area (Å²) in [5.74, 6) is -3.54. The van der Waals surface area contributed by atoms with Crippen LogP contribution in [0.3, 0.4) is 0 Å². The van der Waals surface area contributed by atoms with Gasteiger partial charge in [0.15, 0.2) is 0 Å². The fraction of sp³-hybridized carbons (Fsp3) is 1.00. The third kappa shape index (κ3) is 0.722. The van der Waals surface area contributed by atoms with Gasteiger partial charge < -0.3 is 0 Å². The highest BCUT2D eigenvalue weighted by Gasteiger charge is 2.80. The molecule has 60 valence electrons. The quantitative estimate of drug-likeness (QED) is 0.478. The molecule has 0 aromatic carbocycles. The molecule has 0 N–H and O–H groups in total. The van der Waals surface area contributed by atoms with Gasteiger partial charge in [-0.1, -0.05) is 0 Å². The zero-order valence-electron chi connectivity index (χ0n) is 5.10. The van der Waals surface area contributed by atoms with Crippen LogP contribution in [0.4, 0.5) is 22.0 Å². The lowest BCUT2D eigenvalue weighted by Gasteiger charge is -2.13. The van der Waals surface area contributed by atoms with E-state index in [1.165, 1.54) is 0 Å². The van der Waals surface area contributed by atoms with Gasteiger partial charge in [0.1, 0.15) is 5.41 Å². The minimum atomic E-state index is -4.77. The second kappa shape index (κ2) is 1.46. The smallest absolute Gasteiger partial charge is 0.206 e. The molecule has 10 heavy (non-hydrogen) atoms. The van der Waals surface area contributed by atoms with Gasteiger partial charge >= 0.3 is 6.18 Å². The normalized spacial score (nSPS) is 37.8. The molecule has 1 atom stereocenters. The first-order valence-electron chi connectivity index (χ1n) is 2.65. The first kappa shape index (κ1) is 7.75. The maximum atomic E-state index is 12.0. The Morgan fingerprint density at radius 2 is 1.50 bits per heavy atom. The van der Waals surface area contributed by atoms with Crippen LogP contribution in [-0.4, -0.2) is 12.1 Å². The predicted octanol–water partition coefficient (Wildman–Crippen LogP) is 2.59. The molecule has 0 aromatic rings. The van der Waals surface area contributed by atoms with Crippen molar-refractivity contribution < 1.29 is 22.0 Å². The maximum absolute atomic E-state index is 12.0. The Labute approximate surface area is 54.0 Å². The van der Waals surface area contributed by atoms with Crippen molar-refractivity contribution in [1.29, 1.82) is 0 Å². The highest BCUT2D eigenvalue weighted by atomic mass is 19.4. The van der Waals surface area contributed by atoms with Crippen molar-refractivity contribution in [1.82, 2.24) is 0 Å². The fourth-order valence-corrected chi connectivity index (χ4v) is 0.707. The summed E-state index contributed by atoms with van der Waals surface area (Å²) in [5.41, 5.74) is -2.75. The zero-order chi connectivity index (χ0) is 8.21. The summed E-state index contributed by atoms with van der Waals surface area (Å²) in [6, 6.07) is 0. The summed E-state index contributed by atoms with van der Waals surface area (Å²) in [5, 5.41) is 0. The lowest BCUT2D eigenvalue weighted by molar-refractivity contribution is -0.205. The molecule has 0 radical (unpaired) electrons. The minimum Gasteiger partial charge on any atom is -0.206 e. The van der Waals surface area contributed by atoms with E-state index in [4.69, 9.17) is 0 Å². The molecular formula is C5H5F5. The third-order valence-electron chi connectivity index (χ3n) is 1.88. The summed E-state index contributed by atoms with van der Waals surface area (Å²) in [7, 11) is 0. The standard InChI is InChI=1S/C5H5F5/c1-3(5(8,9)10)2-4(3,6)7/h2H2,1H3. The molecule has 0 heterocycles. The Balaban J connectivity index is 2.78. The molecule has 0 bridgehead atoms. The Morgan fingerprint density at radius 1 is 1.20 bits per heavy atom. The highest BCUT2D eigenvalue weighted by Crippen LogP contribution is 2.67. The lowest BCUT2D eigenvalue weighted by atomic mass is 10.1. The van der Waals surface area contributed by atoms with E-state index in [-0.39, 0.29) is 0 Å². The van der Waals surface area contributed by atoms with E-state index in [0.717, 1.165) is 0 Å². The van der Waals surface area contributed by atoms with E-state index in [1.807, 2.05) is 0 Å². The van der Waals surface area contributed by atoms with Crippen LogP contribution in [0.25, 0.3) is 0 Å². The van der Waals surface area contributed by atoms with Crippen molar-refractivity contribution in [2.45, 2.75) is 25.4 Å². The van der Waals surface area contributed by atoms with Crippen molar-refractivity contribution in [2.24, 2.45) is 5.41 Å². The van der Waals surface area contributed by atoms with Crippen LogP contribution in [0, 0.1) is 5.41 Å². The van der Waals surface area contributed by atoms with E-state index < -0.39 is 23.9 Å². The number of hydrogen-bond acceptors (Lipinski definition) is 0. The van der Waals surface area contributed by atoms with Crippen LogP contribution < -0.4 is 0 Å². The van der Waals surface area contributed by atoms with Crippen LogP contribution in [0.2, 0.25) is 0 Å². The van der Waals surface area contributed by atoms with Crippen molar-refractivity contribution in [3.8, 4) is 0 Å². The monoisotopic (exact) mass is 160 g/mol. The van der Waals surface area contributed by atoms with E-state index >= 15 is 0 Å². The van der Waals surface area contributed by atoms with Crippen LogP contribution in [0.5, 0.6) is 0 Å². The van der Waals surface area contributed by atoms with E-state index in [2.05, 4.69) is 0 Å². The molecule has 1 saturated carbocycles. The largest absolute Gasteiger partial charge is 0.400 e.